The minimum atomic E-state index is -2.99. The Bertz CT molecular complexity index is 259. The molecule has 0 bridgehead atoms. The summed E-state index contributed by atoms with van der Waals surface area (Å²) in [5, 5.41) is 0. The topological polar surface area (TPSA) is 37.4 Å². The molecule has 0 radical (unpaired) electrons. The average molecular weight is 205 g/mol. The summed E-state index contributed by atoms with van der Waals surface area (Å²) in [5.74, 6) is 0.426. The fourth-order valence-corrected chi connectivity index (χ4v) is 3.31. The third kappa shape index (κ3) is 2.68. The van der Waals surface area contributed by atoms with Gasteiger partial charge in [-0.25, -0.2) is 8.42 Å². The largest absolute Gasteiger partial charge is 0.212 e. The van der Waals surface area contributed by atoms with Gasteiger partial charge in [-0.3, -0.25) is 0 Å². The third-order valence-electron chi connectivity index (χ3n) is 2.69. The van der Waals surface area contributed by atoms with E-state index < -0.39 is 10.0 Å². The summed E-state index contributed by atoms with van der Waals surface area (Å²) in [6.07, 6.45) is 4.50. The highest BCUT2D eigenvalue weighted by molar-refractivity contribution is 7.88. The summed E-state index contributed by atoms with van der Waals surface area (Å²) in [5.41, 5.74) is 0. The molecule has 1 aliphatic heterocycles. The zero-order valence-electron chi connectivity index (χ0n) is 8.66. The van der Waals surface area contributed by atoms with Crippen molar-refractivity contribution in [2.75, 3.05) is 12.8 Å². The summed E-state index contributed by atoms with van der Waals surface area (Å²) in [7, 11) is -2.99. The molecule has 0 amide bonds. The Morgan fingerprint density at radius 1 is 1.31 bits per heavy atom. The van der Waals surface area contributed by atoms with Gasteiger partial charge in [0, 0.05) is 12.6 Å². The molecule has 3 nitrogen and oxygen atoms in total. The van der Waals surface area contributed by atoms with Crippen LogP contribution >= 0.6 is 0 Å². The Labute approximate surface area is 81.2 Å². The van der Waals surface area contributed by atoms with Crippen molar-refractivity contribution >= 4 is 10.0 Å². The van der Waals surface area contributed by atoms with Crippen LogP contribution in [0.1, 0.15) is 33.1 Å². The molecule has 1 unspecified atom stereocenters. The van der Waals surface area contributed by atoms with Crippen molar-refractivity contribution in [1.29, 1.82) is 0 Å². The van der Waals surface area contributed by atoms with Crippen LogP contribution in [0.15, 0.2) is 0 Å². The maximum absolute atomic E-state index is 11.4. The van der Waals surface area contributed by atoms with Crippen LogP contribution in [0, 0.1) is 5.92 Å². The van der Waals surface area contributed by atoms with E-state index in [-0.39, 0.29) is 6.04 Å². The van der Waals surface area contributed by atoms with E-state index in [1.807, 2.05) is 0 Å². The summed E-state index contributed by atoms with van der Waals surface area (Å²) in [6.45, 7) is 4.89. The number of hydrogen-bond acceptors (Lipinski definition) is 2. The molecule has 1 aliphatic rings. The van der Waals surface area contributed by atoms with E-state index in [4.69, 9.17) is 0 Å². The van der Waals surface area contributed by atoms with Crippen LogP contribution in [0.2, 0.25) is 0 Å². The van der Waals surface area contributed by atoms with Crippen LogP contribution in [-0.2, 0) is 10.0 Å². The molecular formula is C9H19NO2S. The van der Waals surface area contributed by atoms with E-state index in [2.05, 4.69) is 13.8 Å². The van der Waals surface area contributed by atoms with E-state index in [9.17, 15) is 8.42 Å². The first-order valence-electron chi connectivity index (χ1n) is 4.89. The normalized spacial score (nSPS) is 26.6. The van der Waals surface area contributed by atoms with Gasteiger partial charge in [0.2, 0.25) is 10.0 Å². The summed E-state index contributed by atoms with van der Waals surface area (Å²) in [6, 6.07) is 0.226. The second kappa shape index (κ2) is 3.96. The lowest BCUT2D eigenvalue weighted by Gasteiger charge is -2.36. The Morgan fingerprint density at radius 2 is 1.92 bits per heavy atom. The predicted octanol–water partition coefficient (Wildman–Crippen LogP) is 1.46. The number of piperidine rings is 1. The van der Waals surface area contributed by atoms with Crippen LogP contribution in [-0.4, -0.2) is 31.6 Å². The molecule has 0 spiro atoms. The van der Waals surface area contributed by atoms with Crippen LogP contribution < -0.4 is 0 Å². The van der Waals surface area contributed by atoms with Gasteiger partial charge in [0.05, 0.1) is 6.26 Å². The van der Waals surface area contributed by atoms with Crippen LogP contribution in [0.3, 0.4) is 0 Å². The molecule has 0 aliphatic carbocycles. The molecule has 0 N–H and O–H groups in total. The average Bonchev–Trinajstić information content (AvgIpc) is 2.03. The lowest BCUT2D eigenvalue weighted by atomic mass is 9.95. The van der Waals surface area contributed by atoms with Crippen molar-refractivity contribution in [3.63, 3.8) is 0 Å². The van der Waals surface area contributed by atoms with E-state index in [0.29, 0.717) is 12.5 Å². The Hall–Kier alpha value is -0.0900. The van der Waals surface area contributed by atoms with Crippen molar-refractivity contribution in [3.05, 3.63) is 0 Å². The van der Waals surface area contributed by atoms with Crippen molar-refractivity contribution in [3.8, 4) is 0 Å². The monoisotopic (exact) mass is 205 g/mol. The maximum Gasteiger partial charge on any atom is 0.211 e. The smallest absolute Gasteiger partial charge is 0.211 e. The second-order valence-corrected chi connectivity index (χ2v) is 6.12. The predicted molar refractivity (Wildman–Crippen MR) is 54.0 cm³/mol. The number of hydrogen-bond donors (Lipinski definition) is 0. The molecule has 1 fully saturated rings. The first kappa shape index (κ1) is 11.0. The minimum absolute atomic E-state index is 0.226. The molecule has 0 saturated carbocycles. The Kier molecular flexibility index (Phi) is 3.35. The zero-order valence-corrected chi connectivity index (χ0v) is 9.47. The van der Waals surface area contributed by atoms with Gasteiger partial charge in [0.25, 0.3) is 0 Å². The van der Waals surface area contributed by atoms with Crippen LogP contribution in [0.25, 0.3) is 0 Å². The number of nitrogens with zero attached hydrogens (tertiary/aromatic N) is 1. The molecule has 1 atom stereocenters. The first-order chi connectivity index (χ1) is 5.93. The molecule has 0 aromatic carbocycles. The summed E-state index contributed by atoms with van der Waals surface area (Å²) >= 11 is 0. The van der Waals surface area contributed by atoms with Crippen molar-refractivity contribution in [2.45, 2.75) is 39.2 Å². The quantitative estimate of drug-likeness (QED) is 0.684. The lowest BCUT2D eigenvalue weighted by molar-refractivity contribution is 0.204. The minimum Gasteiger partial charge on any atom is -0.212 e. The molecular weight excluding hydrogens is 186 g/mol. The van der Waals surface area contributed by atoms with Gasteiger partial charge in [-0.1, -0.05) is 20.3 Å². The van der Waals surface area contributed by atoms with E-state index in [1.165, 1.54) is 6.26 Å². The summed E-state index contributed by atoms with van der Waals surface area (Å²) in [4.78, 5) is 0. The SMILES string of the molecule is CC(C)C1CCCCN1S(C)(=O)=O. The van der Waals surface area contributed by atoms with Crippen LogP contribution in [0.5, 0.6) is 0 Å². The van der Waals surface area contributed by atoms with Gasteiger partial charge in [-0.15, -0.1) is 0 Å². The van der Waals surface area contributed by atoms with Gasteiger partial charge >= 0.3 is 0 Å². The zero-order chi connectivity index (χ0) is 10.1. The molecule has 78 valence electrons. The Morgan fingerprint density at radius 3 is 2.31 bits per heavy atom. The highest BCUT2D eigenvalue weighted by Gasteiger charge is 2.30. The van der Waals surface area contributed by atoms with E-state index >= 15 is 0 Å². The fraction of sp³-hybridized carbons (Fsp3) is 1.00. The molecule has 1 heterocycles. The standard InChI is InChI=1S/C9H19NO2S/c1-8(2)9-6-4-5-7-10(9)13(3,11)12/h8-9H,4-7H2,1-3H3. The molecule has 1 saturated heterocycles. The molecule has 0 aromatic rings. The van der Waals surface area contributed by atoms with E-state index in [0.717, 1.165) is 19.3 Å². The van der Waals surface area contributed by atoms with Gasteiger partial charge in [0.1, 0.15) is 0 Å². The Balaban J connectivity index is 2.80. The number of sulfonamides is 1. The fourth-order valence-electron chi connectivity index (χ4n) is 2.01. The third-order valence-corrected chi connectivity index (χ3v) is 4.00. The van der Waals surface area contributed by atoms with Crippen molar-refractivity contribution < 1.29 is 8.42 Å². The van der Waals surface area contributed by atoms with Crippen molar-refractivity contribution in [1.82, 2.24) is 4.31 Å². The van der Waals surface area contributed by atoms with Gasteiger partial charge in [-0.05, 0) is 18.8 Å². The highest BCUT2D eigenvalue weighted by Crippen LogP contribution is 2.24. The molecule has 4 heteroatoms. The lowest BCUT2D eigenvalue weighted by Crippen LogP contribution is -2.45. The van der Waals surface area contributed by atoms with Crippen LogP contribution in [0.4, 0.5) is 0 Å². The first-order valence-corrected chi connectivity index (χ1v) is 6.74. The molecule has 1 rings (SSSR count). The summed E-state index contributed by atoms with van der Waals surface area (Å²) < 4.78 is 24.5. The van der Waals surface area contributed by atoms with Gasteiger partial charge < -0.3 is 0 Å². The second-order valence-electron chi connectivity index (χ2n) is 4.18. The number of rotatable bonds is 2. The highest BCUT2D eigenvalue weighted by atomic mass is 32.2. The van der Waals surface area contributed by atoms with Gasteiger partial charge in [-0.2, -0.15) is 4.31 Å². The molecule has 0 aromatic heterocycles. The maximum atomic E-state index is 11.4. The molecule has 13 heavy (non-hydrogen) atoms. The van der Waals surface area contributed by atoms with Gasteiger partial charge in [0.15, 0.2) is 0 Å². The van der Waals surface area contributed by atoms with Crippen molar-refractivity contribution in [2.24, 2.45) is 5.92 Å². The van der Waals surface area contributed by atoms with E-state index in [1.54, 1.807) is 4.31 Å².